The molecule has 0 bridgehead atoms. The van der Waals surface area contributed by atoms with E-state index in [0.29, 0.717) is 0 Å². The van der Waals surface area contributed by atoms with Crippen molar-refractivity contribution < 1.29 is 5.11 Å². The minimum absolute atomic E-state index is 0.180. The standard InChI is InChI=1S/C11H18N2O/c1-9(8-14)11(13(2)3)10-6-4-5-7-12-10/h4-7,9,11,14H,8H2,1-3H3. The third-order valence-electron chi connectivity index (χ3n) is 2.37. The molecular formula is C11H18N2O. The molecule has 1 aromatic rings. The van der Waals surface area contributed by atoms with Crippen molar-refractivity contribution in [1.29, 1.82) is 0 Å². The van der Waals surface area contributed by atoms with Gasteiger partial charge in [-0.2, -0.15) is 0 Å². The second-order valence-corrected chi connectivity index (χ2v) is 3.82. The number of pyridine rings is 1. The van der Waals surface area contributed by atoms with Crippen LogP contribution in [0.1, 0.15) is 18.7 Å². The van der Waals surface area contributed by atoms with Crippen molar-refractivity contribution >= 4 is 0 Å². The lowest BCUT2D eigenvalue weighted by atomic mass is 9.98. The van der Waals surface area contributed by atoms with Crippen molar-refractivity contribution in [3.05, 3.63) is 30.1 Å². The molecule has 0 aliphatic heterocycles. The fraction of sp³-hybridized carbons (Fsp3) is 0.545. The molecule has 3 heteroatoms. The van der Waals surface area contributed by atoms with Crippen molar-refractivity contribution in [2.45, 2.75) is 13.0 Å². The van der Waals surface area contributed by atoms with Gasteiger partial charge in [-0.05, 0) is 26.2 Å². The smallest absolute Gasteiger partial charge is 0.0578 e. The second kappa shape index (κ2) is 5.08. The van der Waals surface area contributed by atoms with Crippen LogP contribution in [-0.2, 0) is 0 Å². The van der Waals surface area contributed by atoms with E-state index in [4.69, 9.17) is 5.11 Å². The average molecular weight is 194 g/mol. The van der Waals surface area contributed by atoms with E-state index in [1.54, 1.807) is 6.20 Å². The monoisotopic (exact) mass is 194 g/mol. The molecule has 1 N–H and O–H groups in total. The fourth-order valence-electron chi connectivity index (χ4n) is 1.72. The molecule has 0 amide bonds. The maximum Gasteiger partial charge on any atom is 0.0578 e. The van der Waals surface area contributed by atoms with Crippen LogP contribution in [0.3, 0.4) is 0 Å². The molecule has 1 aromatic heterocycles. The molecule has 1 rings (SSSR count). The summed E-state index contributed by atoms with van der Waals surface area (Å²) in [4.78, 5) is 6.40. The Morgan fingerprint density at radius 1 is 1.43 bits per heavy atom. The average Bonchev–Trinajstić information content (AvgIpc) is 2.19. The molecular weight excluding hydrogens is 176 g/mol. The molecule has 2 atom stereocenters. The van der Waals surface area contributed by atoms with Crippen molar-refractivity contribution in [3.8, 4) is 0 Å². The van der Waals surface area contributed by atoms with E-state index in [2.05, 4.69) is 9.88 Å². The summed E-state index contributed by atoms with van der Waals surface area (Å²) in [6, 6.07) is 6.06. The van der Waals surface area contributed by atoms with E-state index >= 15 is 0 Å². The zero-order valence-corrected chi connectivity index (χ0v) is 9.01. The second-order valence-electron chi connectivity index (χ2n) is 3.82. The Balaban J connectivity index is 2.89. The van der Waals surface area contributed by atoms with Gasteiger partial charge in [0.2, 0.25) is 0 Å². The summed E-state index contributed by atoms with van der Waals surface area (Å²) >= 11 is 0. The van der Waals surface area contributed by atoms with Gasteiger partial charge in [0.05, 0.1) is 11.7 Å². The van der Waals surface area contributed by atoms with Gasteiger partial charge in [0.15, 0.2) is 0 Å². The summed E-state index contributed by atoms with van der Waals surface area (Å²) in [6.45, 7) is 2.21. The lowest BCUT2D eigenvalue weighted by Gasteiger charge is -2.28. The molecule has 0 spiro atoms. The lowest BCUT2D eigenvalue weighted by molar-refractivity contribution is 0.143. The molecule has 2 unspecified atom stereocenters. The topological polar surface area (TPSA) is 36.4 Å². The predicted octanol–water partition coefficient (Wildman–Crippen LogP) is 1.31. The van der Waals surface area contributed by atoms with Gasteiger partial charge in [0.1, 0.15) is 0 Å². The van der Waals surface area contributed by atoms with E-state index in [-0.39, 0.29) is 18.6 Å². The molecule has 0 aliphatic carbocycles. The molecule has 1 heterocycles. The number of nitrogens with zero attached hydrogens (tertiary/aromatic N) is 2. The van der Waals surface area contributed by atoms with Gasteiger partial charge in [-0.3, -0.25) is 4.98 Å². The summed E-state index contributed by atoms with van der Waals surface area (Å²) in [5.41, 5.74) is 1.01. The summed E-state index contributed by atoms with van der Waals surface area (Å²) < 4.78 is 0. The fourth-order valence-corrected chi connectivity index (χ4v) is 1.72. The van der Waals surface area contributed by atoms with Crippen molar-refractivity contribution in [2.24, 2.45) is 5.92 Å². The quantitative estimate of drug-likeness (QED) is 0.785. The summed E-state index contributed by atoms with van der Waals surface area (Å²) in [5, 5.41) is 9.16. The Hall–Kier alpha value is -0.930. The van der Waals surface area contributed by atoms with Crippen molar-refractivity contribution in [3.63, 3.8) is 0 Å². The Kier molecular flexibility index (Phi) is 4.04. The van der Waals surface area contributed by atoms with Crippen LogP contribution in [0.5, 0.6) is 0 Å². The first-order valence-electron chi connectivity index (χ1n) is 4.85. The molecule has 0 saturated carbocycles. The zero-order valence-electron chi connectivity index (χ0n) is 9.01. The number of aromatic nitrogens is 1. The highest BCUT2D eigenvalue weighted by atomic mass is 16.3. The van der Waals surface area contributed by atoms with Crippen LogP contribution in [0.2, 0.25) is 0 Å². The van der Waals surface area contributed by atoms with Crippen LogP contribution in [0.4, 0.5) is 0 Å². The Morgan fingerprint density at radius 3 is 2.57 bits per heavy atom. The van der Waals surface area contributed by atoms with Gasteiger partial charge < -0.3 is 10.0 Å². The molecule has 0 aromatic carbocycles. The van der Waals surface area contributed by atoms with Crippen LogP contribution in [0, 0.1) is 5.92 Å². The maximum atomic E-state index is 9.16. The number of hydrogen-bond acceptors (Lipinski definition) is 3. The SMILES string of the molecule is CC(CO)C(c1ccccn1)N(C)C. The van der Waals surface area contributed by atoms with Crippen LogP contribution in [-0.4, -0.2) is 35.7 Å². The summed E-state index contributed by atoms with van der Waals surface area (Å²) in [7, 11) is 4.01. The number of rotatable bonds is 4. The van der Waals surface area contributed by atoms with Crippen molar-refractivity contribution in [2.75, 3.05) is 20.7 Å². The number of aliphatic hydroxyl groups is 1. The predicted molar refractivity (Wildman–Crippen MR) is 56.9 cm³/mol. The minimum Gasteiger partial charge on any atom is -0.396 e. The largest absolute Gasteiger partial charge is 0.396 e. The number of aliphatic hydroxyl groups excluding tert-OH is 1. The number of hydrogen-bond donors (Lipinski definition) is 1. The first-order chi connectivity index (χ1) is 6.66. The summed E-state index contributed by atoms with van der Waals surface area (Å²) in [6.07, 6.45) is 1.79. The molecule has 0 saturated heterocycles. The van der Waals surface area contributed by atoms with Crippen LogP contribution >= 0.6 is 0 Å². The van der Waals surface area contributed by atoms with E-state index in [9.17, 15) is 0 Å². The Morgan fingerprint density at radius 2 is 2.14 bits per heavy atom. The van der Waals surface area contributed by atoms with E-state index in [0.717, 1.165) is 5.69 Å². The molecule has 0 radical (unpaired) electrons. The van der Waals surface area contributed by atoms with Gasteiger partial charge in [0, 0.05) is 18.7 Å². The van der Waals surface area contributed by atoms with Crippen molar-refractivity contribution in [1.82, 2.24) is 9.88 Å². The van der Waals surface area contributed by atoms with Gasteiger partial charge in [-0.15, -0.1) is 0 Å². The minimum atomic E-state index is 0.180. The maximum absolute atomic E-state index is 9.16. The van der Waals surface area contributed by atoms with Crippen LogP contribution in [0.15, 0.2) is 24.4 Å². The third-order valence-corrected chi connectivity index (χ3v) is 2.37. The lowest BCUT2D eigenvalue weighted by Crippen LogP contribution is -2.28. The van der Waals surface area contributed by atoms with Gasteiger partial charge in [0.25, 0.3) is 0 Å². The zero-order chi connectivity index (χ0) is 10.6. The summed E-state index contributed by atoms with van der Waals surface area (Å²) in [5.74, 6) is 0.194. The highest BCUT2D eigenvalue weighted by molar-refractivity contribution is 5.09. The first kappa shape index (κ1) is 11.1. The van der Waals surface area contributed by atoms with Gasteiger partial charge >= 0.3 is 0 Å². The van der Waals surface area contributed by atoms with Crippen LogP contribution in [0.25, 0.3) is 0 Å². The highest BCUT2D eigenvalue weighted by Crippen LogP contribution is 2.24. The molecule has 0 aliphatic rings. The normalized spacial score (nSPS) is 15.5. The van der Waals surface area contributed by atoms with E-state index < -0.39 is 0 Å². The molecule has 78 valence electrons. The van der Waals surface area contributed by atoms with E-state index in [1.807, 2.05) is 39.2 Å². The van der Waals surface area contributed by atoms with Gasteiger partial charge in [-0.25, -0.2) is 0 Å². The highest BCUT2D eigenvalue weighted by Gasteiger charge is 2.21. The third kappa shape index (κ3) is 2.53. The van der Waals surface area contributed by atoms with Crippen LogP contribution < -0.4 is 0 Å². The Bertz CT molecular complexity index is 261. The molecule has 3 nitrogen and oxygen atoms in total. The van der Waals surface area contributed by atoms with E-state index in [1.165, 1.54) is 0 Å². The molecule has 14 heavy (non-hydrogen) atoms. The Labute approximate surface area is 85.4 Å². The van der Waals surface area contributed by atoms with Gasteiger partial charge in [-0.1, -0.05) is 13.0 Å². The molecule has 0 fully saturated rings. The first-order valence-corrected chi connectivity index (χ1v) is 4.85.